The highest BCUT2D eigenvalue weighted by Crippen LogP contribution is 2.39. The molecule has 1 aromatic heterocycles. The smallest absolute Gasteiger partial charge is 0.112 e. The monoisotopic (exact) mass is 198 g/mol. The molecule has 0 bridgehead atoms. The molecule has 0 aliphatic heterocycles. The standard InChI is InChI=1S/C10H15ClN2/c1-6-4-7-8(9(6)12-2)5-13(3)10(7)11/h5-6,9,12H,4H2,1-3H3. The predicted octanol–water partition coefficient (Wildman–Crippen LogP) is 2.13. The van der Waals surface area contributed by atoms with Gasteiger partial charge in [-0.3, -0.25) is 0 Å². The summed E-state index contributed by atoms with van der Waals surface area (Å²) in [5.41, 5.74) is 2.71. The maximum absolute atomic E-state index is 6.18. The number of rotatable bonds is 1. The lowest BCUT2D eigenvalue weighted by Gasteiger charge is -2.14. The number of nitrogens with zero attached hydrogens (tertiary/aromatic N) is 1. The minimum atomic E-state index is 0.480. The molecule has 0 aromatic carbocycles. The molecule has 2 rings (SSSR count). The largest absolute Gasteiger partial charge is 0.341 e. The van der Waals surface area contributed by atoms with Crippen molar-refractivity contribution in [2.45, 2.75) is 19.4 Å². The molecular formula is C10H15ClN2. The average molecular weight is 199 g/mol. The summed E-state index contributed by atoms with van der Waals surface area (Å²) >= 11 is 6.18. The van der Waals surface area contributed by atoms with Gasteiger partial charge in [-0.15, -0.1) is 0 Å². The van der Waals surface area contributed by atoms with Crippen LogP contribution in [0.4, 0.5) is 0 Å². The van der Waals surface area contributed by atoms with E-state index in [1.54, 1.807) is 0 Å². The Labute approximate surface area is 83.9 Å². The van der Waals surface area contributed by atoms with Gasteiger partial charge >= 0.3 is 0 Å². The van der Waals surface area contributed by atoms with E-state index in [0.29, 0.717) is 12.0 Å². The lowest BCUT2D eigenvalue weighted by molar-refractivity contribution is 0.444. The normalized spacial score (nSPS) is 26.5. The molecule has 72 valence electrons. The van der Waals surface area contributed by atoms with E-state index in [1.807, 2.05) is 18.7 Å². The SMILES string of the molecule is CNC1c2cn(C)c(Cl)c2CC1C. The zero-order valence-corrected chi connectivity index (χ0v) is 9.02. The van der Waals surface area contributed by atoms with Crippen LogP contribution in [0.5, 0.6) is 0 Å². The Morgan fingerprint density at radius 3 is 2.92 bits per heavy atom. The van der Waals surface area contributed by atoms with Gasteiger partial charge in [-0.1, -0.05) is 18.5 Å². The summed E-state index contributed by atoms with van der Waals surface area (Å²) in [6.07, 6.45) is 3.24. The Bertz CT molecular complexity index is 330. The number of aryl methyl sites for hydroxylation is 1. The summed E-state index contributed by atoms with van der Waals surface area (Å²) in [5, 5.41) is 4.24. The van der Waals surface area contributed by atoms with Gasteiger partial charge in [0.2, 0.25) is 0 Å². The van der Waals surface area contributed by atoms with E-state index in [1.165, 1.54) is 11.1 Å². The molecule has 0 spiro atoms. The molecule has 1 aromatic rings. The van der Waals surface area contributed by atoms with Crippen molar-refractivity contribution in [1.29, 1.82) is 0 Å². The summed E-state index contributed by atoms with van der Waals surface area (Å²) in [5.74, 6) is 0.661. The second-order valence-corrected chi connectivity index (χ2v) is 4.27. The first-order valence-corrected chi connectivity index (χ1v) is 5.03. The molecule has 2 nitrogen and oxygen atoms in total. The lowest BCUT2D eigenvalue weighted by atomic mass is 10.0. The summed E-state index contributed by atoms with van der Waals surface area (Å²) < 4.78 is 2.00. The Balaban J connectivity index is 2.46. The Hall–Kier alpha value is -0.470. The zero-order chi connectivity index (χ0) is 9.59. The fraction of sp³-hybridized carbons (Fsp3) is 0.600. The number of hydrogen-bond acceptors (Lipinski definition) is 1. The van der Waals surface area contributed by atoms with Gasteiger partial charge in [0.25, 0.3) is 0 Å². The van der Waals surface area contributed by atoms with Crippen molar-refractivity contribution in [3.63, 3.8) is 0 Å². The van der Waals surface area contributed by atoms with Crippen molar-refractivity contribution in [2.75, 3.05) is 7.05 Å². The Kier molecular flexibility index (Phi) is 2.12. The molecule has 3 heteroatoms. The molecule has 2 unspecified atom stereocenters. The summed E-state index contributed by atoms with van der Waals surface area (Å²) in [4.78, 5) is 0. The first kappa shape index (κ1) is 9.10. The van der Waals surface area contributed by atoms with Crippen molar-refractivity contribution in [3.05, 3.63) is 22.5 Å². The van der Waals surface area contributed by atoms with Crippen LogP contribution in [-0.4, -0.2) is 11.6 Å². The third-order valence-electron chi connectivity index (χ3n) is 2.98. The quantitative estimate of drug-likeness (QED) is 0.732. The zero-order valence-electron chi connectivity index (χ0n) is 8.26. The fourth-order valence-corrected chi connectivity index (χ4v) is 2.57. The van der Waals surface area contributed by atoms with Crippen molar-refractivity contribution in [1.82, 2.24) is 9.88 Å². The van der Waals surface area contributed by atoms with Crippen LogP contribution in [0.3, 0.4) is 0 Å². The summed E-state index contributed by atoms with van der Waals surface area (Å²) in [6, 6.07) is 0.480. The van der Waals surface area contributed by atoms with E-state index in [9.17, 15) is 0 Å². The highest BCUT2D eigenvalue weighted by atomic mass is 35.5. The van der Waals surface area contributed by atoms with Gasteiger partial charge in [0.05, 0.1) is 0 Å². The molecule has 1 aliphatic rings. The first-order chi connectivity index (χ1) is 6.15. The van der Waals surface area contributed by atoms with Crippen molar-refractivity contribution < 1.29 is 0 Å². The molecule has 2 atom stereocenters. The van der Waals surface area contributed by atoms with Gasteiger partial charge in [0.1, 0.15) is 5.15 Å². The molecule has 1 aliphatic carbocycles. The maximum atomic E-state index is 6.18. The van der Waals surface area contributed by atoms with Gasteiger partial charge in [-0.2, -0.15) is 0 Å². The van der Waals surface area contributed by atoms with Gasteiger partial charge in [-0.05, 0) is 30.5 Å². The van der Waals surface area contributed by atoms with Crippen LogP contribution in [0.1, 0.15) is 24.1 Å². The second-order valence-electron chi connectivity index (χ2n) is 3.91. The number of aromatic nitrogens is 1. The third kappa shape index (κ3) is 1.20. The van der Waals surface area contributed by atoms with E-state index < -0.39 is 0 Å². The number of halogens is 1. The van der Waals surface area contributed by atoms with Crippen LogP contribution >= 0.6 is 11.6 Å². The summed E-state index contributed by atoms with van der Waals surface area (Å²) in [7, 11) is 4.01. The minimum absolute atomic E-state index is 0.480. The van der Waals surface area contributed by atoms with E-state index in [0.717, 1.165) is 11.6 Å². The number of fused-ring (bicyclic) bond motifs is 1. The van der Waals surface area contributed by atoms with Gasteiger partial charge in [0.15, 0.2) is 0 Å². The van der Waals surface area contributed by atoms with Gasteiger partial charge in [-0.25, -0.2) is 0 Å². The molecule has 0 fully saturated rings. The van der Waals surface area contributed by atoms with Crippen LogP contribution in [0.15, 0.2) is 6.20 Å². The number of nitrogens with one attached hydrogen (secondary N) is 1. The van der Waals surface area contributed by atoms with Crippen molar-refractivity contribution >= 4 is 11.6 Å². The average Bonchev–Trinajstić information content (AvgIpc) is 2.52. The first-order valence-electron chi connectivity index (χ1n) is 4.66. The molecule has 0 saturated carbocycles. The molecule has 13 heavy (non-hydrogen) atoms. The van der Waals surface area contributed by atoms with Crippen LogP contribution in [0.2, 0.25) is 5.15 Å². The third-order valence-corrected chi connectivity index (χ3v) is 3.48. The van der Waals surface area contributed by atoms with Crippen LogP contribution in [0, 0.1) is 5.92 Å². The van der Waals surface area contributed by atoms with E-state index in [-0.39, 0.29) is 0 Å². The maximum Gasteiger partial charge on any atom is 0.112 e. The van der Waals surface area contributed by atoms with E-state index in [2.05, 4.69) is 18.4 Å². The minimum Gasteiger partial charge on any atom is -0.341 e. The topological polar surface area (TPSA) is 17.0 Å². The van der Waals surface area contributed by atoms with E-state index in [4.69, 9.17) is 11.6 Å². The Morgan fingerprint density at radius 2 is 2.31 bits per heavy atom. The van der Waals surface area contributed by atoms with Crippen molar-refractivity contribution in [3.8, 4) is 0 Å². The van der Waals surface area contributed by atoms with Crippen LogP contribution < -0.4 is 5.32 Å². The lowest BCUT2D eigenvalue weighted by Crippen LogP contribution is -2.19. The molecule has 0 radical (unpaired) electrons. The highest BCUT2D eigenvalue weighted by molar-refractivity contribution is 6.30. The molecule has 1 N–H and O–H groups in total. The van der Waals surface area contributed by atoms with Crippen LogP contribution in [0.25, 0.3) is 0 Å². The molecule has 1 heterocycles. The number of hydrogen-bond donors (Lipinski definition) is 1. The highest BCUT2D eigenvalue weighted by Gasteiger charge is 2.31. The molecule has 0 amide bonds. The summed E-state index contributed by atoms with van der Waals surface area (Å²) in [6.45, 7) is 2.26. The van der Waals surface area contributed by atoms with Gasteiger partial charge in [0, 0.05) is 19.3 Å². The molecular weight excluding hydrogens is 184 g/mol. The fourth-order valence-electron chi connectivity index (χ4n) is 2.33. The van der Waals surface area contributed by atoms with E-state index >= 15 is 0 Å². The Morgan fingerprint density at radius 1 is 1.62 bits per heavy atom. The van der Waals surface area contributed by atoms with Gasteiger partial charge < -0.3 is 9.88 Å². The molecule has 0 saturated heterocycles. The predicted molar refractivity (Wildman–Crippen MR) is 55.1 cm³/mol. The second kappa shape index (κ2) is 3.03. The van der Waals surface area contributed by atoms with Crippen LogP contribution in [-0.2, 0) is 13.5 Å². The van der Waals surface area contributed by atoms with Crippen molar-refractivity contribution in [2.24, 2.45) is 13.0 Å².